The normalized spacial score (nSPS) is 21.3. The van der Waals surface area contributed by atoms with E-state index >= 15 is 0 Å². The van der Waals surface area contributed by atoms with Crippen molar-refractivity contribution in [2.75, 3.05) is 33.8 Å². The summed E-state index contributed by atoms with van der Waals surface area (Å²) in [6.45, 7) is 0.527. The number of methoxy groups -OCH3 is 2. The number of fused-ring (bicyclic) bond motifs is 1. The zero-order valence-electron chi connectivity index (χ0n) is 13.9. The monoisotopic (exact) mass is 345 g/mol. The van der Waals surface area contributed by atoms with Crippen LogP contribution >= 0.6 is 11.8 Å². The van der Waals surface area contributed by atoms with Crippen LogP contribution in [0.1, 0.15) is 17.9 Å². The molecule has 2 aliphatic rings. The number of hydrogen-bond donors (Lipinski definition) is 0. The number of amides is 1. The smallest absolute Gasteiger partial charge is 0.229 e. The molecule has 0 saturated carbocycles. The molecule has 1 saturated heterocycles. The van der Waals surface area contributed by atoms with Crippen LogP contribution in [0.15, 0.2) is 28.8 Å². The van der Waals surface area contributed by atoms with Crippen molar-refractivity contribution in [1.29, 1.82) is 5.26 Å². The highest BCUT2D eigenvalue weighted by Gasteiger charge is 2.38. The summed E-state index contributed by atoms with van der Waals surface area (Å²) in [5.41, 5.74) is 1.48. The fourth-order valence-corrected chi connectivity index (χ4v) is 4.13. The maximum atomic E-state index is 12.6. The molecule has 2 heterocycles. The van der Waals surface area contributed by atoms with Crippen LogP contribution in [-0.4, -0.2) is 49.5 Å². The molecule has 1 aromatic rings. The van der Waals surface area contributed by atoms with Crippen LogP contribution in [0.2, 0.25) is 0 Å². The lowest BCUT2D eigenvalue weighted by Crippen LogP contribution is -2.45. The van der Waals surface area contributed by atoms with E-state index < -0.39 is 0 Å². The molecular weight excluding hydrogens is 326 g/mol. The van der Waals surface area contributed by atoms with Gasteiger partial charge in [-0.15, -0.1) is 0 Å². The number of rotatable bonds is 3. The Labute approximate surface area is 145 Å². The number of thioether (sulfide) groups is 1. The standard InChI is InChI=1S/C17H19N3O3S/c1-19-9-20-16(21)7-13(14(8-18)17(20)24-10-19)12-5-4-11(22-2)6-15(12)23-3/h4-6,13H,7,9-10H2,1-3H3/t13-/m0/s1. The number of benzene rings is 1. The molecule has 126 valence electrons. The molecule has 0 unspecified atom stereocenters. The number of nitrogens with zero attached hydrogens (tertiary/aromatic N) is 3. The minimum absolute atomic E-state index is 0.0333. The van der Waals surface area contributed by atoms with Crippen LogP contribution < -0.4 is 9.47 Å². The second kappa shape index (κ2) is 6.75. The van der Waals surface area contributed by atoms with Gasteiger partial charge in [0.15, 0.2) is 0 Å². The van der Waals surface area contributed by atoms with E-state index in [9.17, 15) is 10.1 Å². The van der Waals surface area contributed by atoms with Crippen molar-refractivity contribution in [2.24, 2.45) is 0 Å². The number of nitriles is 1. The molecule has 0 bridgehead atoms. The Balaban J connectivity index is 2.07. The zero-order valence-corrected chi connectivity index (χ0v) is 14.7. The van der Waals surface area contributed by atoms with Gasteiger partial charge in [-0.25, -0.2) is 0 Å². The Morgan fingerprint density at radius 1 is 1.33 bits per heavy atom. The zero-order chi connectivity index (χ0) is 17.3. The van der Waals surface area contributed by atoms with Crippen molar-refractivity contribution in [1.82, 2.24) is 9.80 Å². The summed E-state index contributed by atoms with van der Waals surface area (Å²) in [7, 11) is 5.13. The molecule has 0 spiro atoms. The topological polar surface area (TPSA) is 65.8 Å². The van der Waals surface area contributed by atoms with E-state index in [1.165, 1.54) is 11.8 Å². The number of carbonyl (C=O) groups excluding carboxylic acids is 1. The van der Waals surface area contributed by atoms with Crippen molar-refractivity contribution < 1.29 is 14.3 Å². The quantitative estimate of drug-likeness (QED) is 0.838. The first-order valence-electron chi connectivity index (χ1n) is 7.57. The van der Waals surface area contributed by atoms with Gasteiger partial charge < -0.3 is 9.47 Å². The van der Waals surface area contributed by atoms with E-state index in [1.54, 1.807) is 25.2 Å². The van der Waals surface area contributed by atoms with E-state index in [0.29, 0.717) is 23.7 Å². The molecule has 1 amide bonds. The van der Waals surface area contributed by atoms with Crippen molar-refractivity contribution in [3.63, 3.8) is 0 Å². The summed E-state index contributed by atoms with van der Waals surface area (Å²) in [6, 6.07) is 7.82. The van der Waals surface area contributed by atoms with Gasteiger partial charge in [0.05, 0.1) is 43.4 Å². The van der Waals surface area contributed by atoms with Crippen molar-refractivity contribution in [2.45, 2.75) is 12.3 Å². The van der Waals surface area contributed by atoms with Crippen LogP contribution in [0.5, 0.6) is 11.5 Å². The van der Waals surface area contributed by atoms with Gasteiger partial charge in [0.2, 0.25) is 5.91 Å². The van der Waals surface area contributed by atoms with Gasteiger partial charge in [-0.2, -0.15) is 5.26 Å². The summed E-state index contributed by atoms with van der Waals surface area (Å²) in [6.07, 6.45) is 0.267. The molecule has 0 aliphatic carbocycles. The molecule has 1 aromatic carbocycles. The highest BCUT2D eigenvalue weighted by molar-refractivity contribution is 8.03. The van der Waals surface area contributed by atoms with Crippen molar-refractivity contribution in [3.05, 3.63) is 34.4 Å². The van der Waals surface area contributed by atoms with Crippen LogP contribution in [0.4, 0.5) is 0 Å². The lowest BCUT2D eigenvalue weighted by molar-refractivity contribution is -0.131. The Morgan fingerprint density at radius 2 is 2.12 bits per heavy atom. The van der Waals surface area contributed by atoms with Gasteiger partial charge in [-0.1, -0.05) is 17.8 Å². The van der Waals surface area contributed by atoms with E-state index in [4.69, 9.17) is 9.47 Å². The largest absolute Gasteiger partial charge is 0.497 e. The Morgan fingerprint density at radius 3 is 2.79 bits per heavy atom. The van der Waals surface area contributed by atoms with E-state index in [2.05, 4.69) is 11.0 Å². The van der Waals surface area contributed by atoms with Crippen LogP contribution in [0.25, 0.3) is 0 Å². The van der Waals surface area contributed by atoms with Gasteiger partial charge in [0.1, 0.15) is 11.5 Å². The third-order valence-corrected chi connectivity index (χ3v) is 5.53. The fourth-order valence-electron chi connectivity index (χ4n) is 3.04. The summed E-state index contributed by atoms with van der Waals surface area (Å²) in [5.74, 6) is 1.82. The molecule has 0 radical (unpaired) electrons. The van der Waals surface area contributed by atoms with E-state index in [1.807, 2.05) is 19.2 Å². The lowest BCUT2D eigenvalue weighted by Gasteiger charge is -2.40. The summed E-state index contributed by atoms with van der Waals surface area (Å²) >= 11 is 1.53. The average Bonchev–Trinajstić information content (AvgIpc) is 2.61. The second-order valence-electron chi connectivity index (χ2n) is 5.79. The van der Waals surface area contributed by atoms with E-state index in [0.717, 1.165) is 16.5 Å². The highest BCUT2D eigenvalue weighted by Crippen LogP contribution is 2.45. The summed E-state index contributed by atoms with van der Waals surface area (Å²) < 4.78 is 10.7. The van der Waals surface area contributed by atoms with Gasteiger partial charge in [0.25, 0.3) is 0 Å². The number of allylic oxidation sites excluding steroid dienone is 1. The third kappa shape index (κ3) is 2.83. The van der Waals surface area contributed by atoms with Gasteiger partial charge in [-0.05, 0) is 13.1 Å². The maximum absolute atomic E-state index is 12.6. The van der Waals surface area contributed by atoms with Crippen LogP contribution in [-0.2, 0) is 4.79 Å². The number of hydrogen-bond acceptors (Lipinski definition) is 6. The molecule has 1 atom stereocenters. The molecule has 24 heavy (non-hydrogen) atoms. The molecule has 0 aromatic heterocycles. The maximum Gasteiger partial charge on any atom is 0.229 e. The average molecular weight is 345 g/mol. The van der Waals surface area contributed by atoms with E-state index in [-0.39, 0.29) is 18.2 Å². The van der Waals surface area contributed by atoms with Gasteiger partial charge in [0, 0.05) is 24.0 Å². The fraction of sp³-hybridized carbons (Fsp3) is 0.412. The van der Waals surface area contributed by atoms with Gasteiger partial charge in [-0.3, -0.25) is 14.6 Å². The van der Waals surface area contributed by atoms with Crippen LogP contribution in [0, 0.1) is 11.3 Å². The predicted octanol–water partition coefficient (Wildman–Crippen LogP) is 2.35. The minimum Gasteiger partial charge on any atom is -0.497 e. The number of ether oxygens (including phenoxy) is 2. The lowest BCUT2D eigenvalue weighted by atomic mass is 9.86. The third-order valence-electron chi connectivity index (χ3n) is 4.24. The Hall–Kier alpha value is -2.17. The Bertz CT molecular complexity index is 741. The summed E-state index contributed by atoms with van der Waals surface area (Å²) in [5, 5.41) is 10.5. The first-order valence-corrected chi connectivity index (χ1v) is 8.55. The Kier molecular flexibility index (Phi) is 4.69. The first kappa shape index (κ1) is 16.7. The minimum atomic E-state index is -0.287. The summed E-state index contributed by atoms with van der Waals surface area (Å²) in [4.78, 5) is 16.4. The SMILES string of the molecule is COc1ccc([C@@H]2CC(=O)N3CN(C)CSC3=C2C#N)c(OC)c1. The highest BCUT2D eigenvalue weighted by atomic mass is 32.2. The second-order valence-corrected chi connectivity index (χ2v) is 6.72. The predicted molar refractivity (Wildman–Crippen MR) is 91.5 cm³/mol. The number of carbonyl (C=O) groups is 1. The van der Waals surface area contributed by atoms with Gasteiger partial charge >= 0.3 is 0 Å². The molecule has 3 rings (SSSR count). The molecule has 2 aliphatic heterocycles. The van der Waals surface area contributed by atoms with Crippen LogP contribution in [0.3, 0.4) is 0 Å². The molecule has 0 N–H and O–H groups in total. The van der Waals surface area contributed by atoms with Crippen molar-refractivity contribution >= 4 is 17.7 Å². The van der Waals surface area contributed by atoms with Crippen molar-refractivity contribution in [3.8, 4) is 17.6 Å². The molecular formula is C17H19N3O3S. The molecule has 7 heteroatoms. The first-order chi connectivity index (χ1) is 11.6. The molecule has 1 fully saturated rings. The molecule has 6 nitrogen and oxygen atoms in total.